The average Bonchev–Trinajstić information content (AvgIpc) is 2.82. The number of hydrogen-bond donors (Lipinski definition) is 1. The molecule has 0 unspecified atom stereocenters. The lowest BCUT2D eigenvalue weighted by Gasteiger charge is -2.18. The van der Waals surface area contributed by atoms with Gasteiger partial charge in [-0.15, -0.1) is 0 Å². The molecule has 1 aliphatic heterocycles. The second-order valence-corrected chi connectivity index (χ2v) is 5.39. The van der Waals surface area contributed by atoms with Crippen LogP contribution in [0.5, 0.6) is 11.5 Å². The molecule has 22 heavy (non-hydrogen) atoms. The number of rotatable bonds is 3. The molecular weight excluding hydrogens is 294 g/mol. The minimum Gasteiger partial charge on any atom is -0.454 e. The van der Waals surface area contributed by atoms with Gasteiger partial charge in [0.05, 0.1) is 22.8 Å². The summed E-state index contributed by atoms with van der Waals surface area (Å²) < 4.78 is 15.2. The highest BCUT2D eigenvalue weighted by molar-refractivity contribution is 5.87. The second-order valence-electron chi connectivity index (χ2n) is 5.39. The van der Waals surface area contributed by atoms with Crippen molar-refractivity contribution in [2.75, 3.05) is 6.79 Å². The number of carbonyl (C=O) groups excluding carboxylic acids is 1. The number of amides is 1. The molecule has 0 radical (unpaired) electrons. The van der Waals surface area contributed by atoms with E-state index in [1.54, 1.807) is 20.8 Å². The van der Waals surface area contributed by atoms with Gasteiger partial charge in [0.15, 0.2) is 11.5 Å². The molecule has 1 aromatic rings. The van der Waals surface area contributed by atoms with Crippen LogP contribution in [0.4, 0.5) is 10.5 Å². The highest BCUT2D eigenvalue weighted by Crippen LogP contribution is 2.37. The standard InChI is InChI=1S/C13H15N3O6/c1-13(2,3)22-12(17)15-14-6-8-4-10-11(21-7-20-10)5-9(8)16(18)19/h4-6H,7H2,1-3H3,(H,15,17)/b14-6+. The van der Waals surface area contributed by atoms with E-state index in [1.807, 2.05) is 0 Å². The van der Waals surface area contributed by atoms with Crippen LogP contribution in [-0.4, -0.2) is 29.6 Å². The number of nitro benzene ring substituents is 1. The van der Waals surface area contributed by atoms with E-state index in [1.165, 1.54) is 12.1 Å². The first-order valence-corrected chi connectivity index (χ1v) is 6.36. The molecule has 0 spiro atoms. The van der Waals surface area contributed by atoms with Gasteiger partial charge in [0.2, 0.25) is 6.79 Å². The highest BCUT2D eigenvalue weighted by atomic mass is 16.7. The minimum absolute atomic E-state index is 0.00322. The van der Waals surface area contributed by atoms with E-state index >= 15 is 0 Å². The highest BCUT2D eigenvalue weighted by Gasteiger charge is 2.22. The molecule has 1 aromatic carbocycles. The molecule has 0 aliphatic carbocycles. The zero-order chi connectivity index (χ0) is 16.3. The summed E-state index contributed by atoms with van der Waals surface area (Å²) in [5.41, 5.74) is 1.44. The van der Waals surface area contributed by atoms with Crippen LogP contribution >= 0.6 is 0 Å². The maximum absolute atomic E-state index is 11.4. The lowest BCUT2D eigenvalue weighted by atomic mass is 10.1. The first-order valence-electron chi connectivity index (χ1n) is 6.36. The van der Waals surface area contributed by atoms with E-state index in [4.69, 9.17) is 14.2 Å². The maximum atomic E-state index is 11.4. The van der Waals surface area contributed by atoms with Crippen molar-refractivity contribution in [3.8, 4) is 11.5 Å². The molecule has 0 atom stereocenters. The smallest absolute Gasteiger partial charge is 0.428 e. The molecule has 9 heteroatoms. The molecule has 0 saturated carbocycles. The van der Waals surface area contributed by atoms with Crippen LogP contribution in [0.2, 0.25) is 0 Å². The summed E-state index contributed by atoms with van der Waals surface area (Å²) in [7, 11) is 0. The second kappa shape index (κ2) is 5.88. The number of nitro groups is 1. The molecule has 0 saturated heterocycles. The fourth-order valence-electron chi connectivity index (χ4n) is 1.66. The van der Waals surface area contributed by atoms with Gasteiger partial charge in [-0.3, -0.25) is 10.1 Å². The van der Waals surface area contributed by atoms with Gasteiger partial charge in [-0.25, -0.2) is 10.2 Å². The van der Waals surface area contributed by atoms with Crippen LogP contribution in [-0.2, 0) is 4.74 Å². The molecule has 1 N–H and O–H groups in total. The van der Waals surface area contributed by atoms with E-state index in [-0.39, 0.29) is 18.0 Å². The number of ether oxygens (including phenoxy) is 3. The van der Waals surface area contributed by atoms with Crippen molar-refractivity contribution in [1.29, 1.82) is 0 Å². The summed E-state index contributed by atoms with van der Waals surface area (Å²) in [6.07, 6.45) is 0.386. The number of hydrogen-bond acceptors (Lipinski definition) is 7. The van der Waals surface area contributed by atoms with E-state index in [2.05, 4.69) is 10.5 Å². The Labute approximate surface area is 126 Å². The molecule has 9 nitrogen and oxygen atoms in total. The van der Waals surface area contributed by atoms with Gasteiger partial charge in [-0.05, 0) is 26.8 Å². The Bertz CT molecular complexity index is 635. The average molecular weight is 309 g/mol. The minimum atomic E-state index is -0.757. The Kier molecular flexibility index (Phi) is 4.15. The van der Waals surface area contributed by atoms with E-state index in [9.17, 15) is 14.9 Å². The predicted octanol–water partition coefficient (Wildman–Crippen LogP) is 2.18. The molecule has 118 valence electrons. The zero-order valence-electron chi connectivity index (χ0n) is 12.3. The molecule has 1 aliphatic rings. The van der Waals surface area contributed by atoms with Crippen molar-refractivity contribution in [1.82, 2.24) is 5.43 Å². The van der Waals surface area contributed by atoms with Crippen LogP contribution in [0, 0.1) is 10.1 Å². The Morgan fingerprint density at radius 1 is 1.41 bits per heavy atom. The third kappa shape index (κ3) is 3.84. The molecule has 0 fully saturated rings. The molecule has 1 heterocycles. The van der Waals surface area contributed by atoms with Crippen molar-refractivity contribution in [3.63, 3.8) is 0 Å². The number of hydrazone groups is 1. The van der Waals surface area contributed by atoms with E-state index in [0.717, 1.165) is 6.21 Å². The summed E-state index contributed by atoms with van der Waals surface area (Å²) in [4.78, 5) is 21.9. The van der Waals surface area contributed by atoms with Gasteiger partial charge in [0.25, 0.3) is 5.69 Å². The molecule has 2 rings (SSSR count). The fraction of sp³-hybridized carbons (Fsp3) is 0.385. The van der Waals surface area contributed by atoms with Crippen LogP contribution in [0.25, 0.3) is 0 Å². The van der Waals surface area contributed by atoms with Crippen molar-refractivity contribution in [2.24, 2.45) is 5.10 Å². The number of benzene rings is 1. The number of nitrogens with one attached hydrogen (secondary N) is 1. The maximum Gasteiger partial charge on any atom is 0.428 e. The van der Waals surface area contributed by atoms with Gasteiger partial charge in [0.1, 0.15) is 5.60 Å². The van der Waals surface area contributed by atoms with Crippen LogP contribution in [0.15, 0.2) is 17.2 Å². The van der Waals surface area contributed by atoms with Crippen LogP contribution in [0.3, 0.4) is 0 Å². The number of fused-ring (bicyclic) bond motifs is 1. The summed E-state index contributed by atoms with van der Waals surface area (Å²) in [6.45, 7) is 5.13. The van der Waals surface area contributed by atoms with Crippen molar-refractivity contribution in [3.05, 3.63) is 27.8 Å². The third-order valence-electron chi connectivity index (χ3n) is 2.48. The number of carbonyl (C=O) groups is 1. The fourth-order valence-corrected chi connectivity index (χ4v) is 1.66. The van der Waals surface area contributed by atoms with Crippen molar-refractivity contribution >= 4 is 18.0 Å². The summed E-state index contributed by atoms with van der Waals surface area (Å²) in [6, 6.07) is 2.66. The molecule has 0 bridgehead atoms. The molecule has 1 amide bonds. The van der Waals surface area contributed by atoms with Gasteiger partial charge >= 0.3 is 6.09 Å². The van der Waals surface area contributed by atoms with Crippen LogP contribution < -0.4 is 14.9 Å². The van der Waals surface area contributed by atoms with Gasteiger partial charge in [-0.1, -0.05) is 0 Å². The third-order valence-corrected chi connectivity index (χ3v) is 2.48. The normalized spacial score (nSPS) is 13.2. The van der Waals surface area contributed by atoms with E-state index < -0.39 is 16.6 Å². The lowest BCUT2D eigenvalue weighted by Crippen LogP contribution is -2.29. The topological polar surface area (TPSA) is 112 Å². The largest absolute Gasteiger partial charge is 0.454 e. The summed E-state index contributed by atoms with van der Waals surface area (Å²) in [5, 5.41) is 14.7. The van der Waals surface area contributed by atoms with Crippen molar-refractivity contribution < 1.29 is 23.9 Å². The summed E-state index contributed by atoms with van der Waals surface area (Å²) in [5.74, 6) is 0.674. The monoisotopic (exact) mass is 309 g/mol. The van der Waals surface area contributed by atoms with Gasteiger partial charge in [-0.2, -0.15) is 5.10 Å². The molecular formula is C13H15N3O6. The first-order chi connectivity index (χ1) is 10.3. The Hall–Kier alpha value is -2.84. The SMILES string of the molecule is CC(C)(C)OC(=O)N/N=C/c1cc2c(cc1[N+](=O)[O-])OCO2. The van der Waals surface area contributed by atoms with E-state index in [0.29, 0.717) is 11.5 Å². The Balaban J connectivity index is 2.13. The predicted molar refractivity (Wildman–Crippen MR) is 76.2 cm³/mol. The van der Waals surface area contributed by atoms with Crippen molar-refractivity contribution in [2.45, 2.75) is 26.4 Å². The van der Waals surface area contributed by atoms with Crippen LogP contribution in [0.1, 0.15) is 26.3 Å². The van der Waals surface area contributed by atoms with Gasteiger partial charge in [0, 0.05) is 0 Å². The lowest BCUT2D eigenvalue weighted by molar-refractivity contribution is -0.385. The number of nitrogens with zero attached hydrogens (tertiary/aromatic N) is 2. The molecule has 0 aromatic heterocycles. The first kappa shape index (κ1) is 15.5. The Morgan fingerprint density at radius 3 is 2.64 bits per heavy atom. The summed E-state index contributed by atoms with van der Waals surface area (Å²) >= 11 is 0. The quantitative estimate of drug-likeness (QED) is 0.520. The zero-order valence-corrected chi connectivity index (χ0v) is 12.3. The van der Waals surface area contributed by atoms with Gasteiger partial charge < -0.3 is 14.2 Å². The Morgan fingerprint density at radius 2 is 2.05 bits per heavy atom.